The molecule has 0 amide bonds. The molecule has 0 aromatic carbocycles. The number of carbonyl (C=O) groups excluding carboxylic acids is 2. The summed E-state index contributed by atoms with van der Waals surface area (Å²) in [5.41, 5.74) is 0.696. The number of rotatable bonds is 7. The lowest BCUT2D eigenvalue weighted by molar-refractivity contribution is -0.140. The van der Waals surface area contributed by atoms with E-state index in [1.54, 1.807) is 13.8 Å². The maximum Gasteiger partial charge on any atom is 0.333 e. The SMILES string of the molecule is C=CC(=O)OCC(O)C(C)=C(C)C(=O)OCC1CO1. The van der Waals surface area contributed by atoms with E-state index in [1.807, 2.05) is 0 Å². The van der Waals surface area contributed by atoms with Gasteiger partial charge in [0.25, 0.3) is 0 Å². The van der Waals surface area contributed by atoms with E-state index in [0.717, 1.165) is 6.08 Å². The quantitative estimate of drug-likeness (QED) is 0.408. The predicted octanol–water partition coefficient (Wildman–Crippen LogP) is 0.355. The van der Waals surface area contributed by atoms with Crippen LogP contribution in [-0.2, 0) is 23.8 Å². The van der Waals surface area contributed by atoms with Crippen LogP contribution in [0.15, 0.2) is 23.8 Å². The second-order valence-electron chi connectivity index (χ2n) is 4.21. The van der Waals surface area contributed by atoms with E-state index >= 15 is 0 Å². The van der Waals surface area contributed by atoms with Gasteiger partial charge < -0.3 is 19.3 Å². The molecule has 1 fully saturated rings. The van der Waals surface area contributed by atoms with Crippen molar-refractivity contribution in [3.8, 4) is 0 Å². The zero-order valence-electron chi connectivity index (χ0n) is 11.0. The van der Waals surface area contributed by atoms with Crippen molar-refractivity contribution >= 4 is 11.9 Å². The Morgan fingerprint density at radius 3 is 2.63 bits per heavy atom. The van der Waals surface area contributed by atoms with Crippen LogP contribution < -0.4 is 0 Å². The van der Waals surface area contributed by atoms with Crippen molar-refractivity contribution in [1.29, 1.82) is 0 Å². The van der Waals surface area contributed by atoms with Crippen LogP contribution >= 0.6 is 0 Å². The topological polar surface area (TPSA) is 85.4 Å². The molecule has 0 aromatic heterocycles. The fourth-order valence-corrected chi connectivity index (χ4v) is 1.20. The first kappa shape index (κ1) is 15.4. The van der Waals surface area contributed by atoms with E-state index in [1.165, 1.54) is 0 Å². The molecule has 1 aliphatic heterocycles. The van der Waals surface area contributed by atoms with Crippen LogP contribution in [0.25, 0.3) is 0 Å². The van der Waals surface area contributed by atoms with Crippen molar-refractivity contribution in [3.63, 3.8) is 0 Å². The highest BCUT2D eigenvalue weighted by Gasteiger charge is 2.25. The van der Waals surface area contributed by atoms with Crippen molar-refractivity contribution in [1.82, 2.24) is 0 Å². The number of aliphatic hydroxyl groups excluding tert-OH is 1. The second-order valence-corrected chi connectivity index (χ2v) is 4.21. The van der Waals surface area contributed by atoms with Crippen molar-refractivity contribution in [2.75, 3.05) is 19.8 Å². The Bertz CT molecular complexity index is 394. The Labute approximate surface area is 111 Å². The van der Waals surface area contributed by atoms with Gasteiger partial charge in [0.15, 0.2) is 0 Å². The summed E-state index contributed by atoms with van der Waals surface area (Å²) in [6.45, 7) is 6.96. The maximum absolute atomic E-state index is 11.6. The van der Waals surface area contributed by atoms with Gasteiger partial charge in [-0.25, -0.2) is 9.59 Å². The van der Waals surface area contributed by atoms with Gasteiger partial charge in [0.1, 0.15) is 25.4 Å². The van der Waals surface area contributed by atoms with E-state index in [0.29, 0.717) is 17.8 Å². The van der Waals surface area contributed by atoms with E-state index in [4.69, 9.17) is 14.2 Å². The number of hydrogen-bond acceptors (Lipinski definition) is 6. The monoisotopic (exact) mass is 270 g/mol. The summed E-state index contributed by atoms with van der Waals surface area (Å²) in [5.74, 6) is -1.14. The highest BCUT2D eigenvalue weighted by Crippen LogP contribution is 2.13. The molecule has 0 saturated carbocycles. The van der Waals surface area contributed by atoms with E-state index in [-0.39, 0.29) is 19.3 Å². The van der Waals surface area contributed by atoms with Crippen molar-refractivity contribution in [2.24, 2.45) is 0 Å². The molecule has 19 heavy (non-hydrogen) atoms. The summed E-state index contributed by atoms with van der Waals surface area (Å²) in [7, 11) is 0. The van der Waals surface area contributed by atoms with Gasteiger partial charge in [-0.15, -0.1) is 0 Å². The second kappa shape index (κ2) is 7.06. The molecule has 0 aliphatic carbocycles. The molecule has 0 aromatic rings. The molecule has 2 unspecified atom stereocenters. The van der Waals surface area contributed by atoms with Crippen molar-refractivity contribution < 1.29 is 28.9 Å². The molecule has 0 radical (unpaired) electrons. The van der Waals surface area contributed by atoms with Crippen LogP contribution in [0.4, 0.5) is 0 Å². The van der Waals surface area contributed by atoms with Gasteiger partial charge in [0, 0.05) is 11.6 Å². The average Bonchev–Trinajstić information content (AvgIpc) is 3.23. The van der Waals surface area contributed by atoms with Gasteiger partial charge in [-0.3, -0.25) is 0 Å². The summed E-state index contributed by atoms with van der Waals surface area (Å²) in [6, 6.07) is 0. The third-order valence-corrected chi connectivity index (χ3v) is 2.75. The Kier molecular flexibility index (Phi) is 5.72. The Morgan fingerprint density at radius 1 is 1.47 bits per heavy atom. The van der Waals surface area contributed by atoms with Crippen molar-refractivity contribution in [3.05, 3.63) is 23.8 Å². The summed E-state index contributed by atoms with van der Waals surface area (Å²) in [5, 5.41) is 9.77. The molecule has 1 aliphatic rings. The smallest absolute Gasteiger partial charge is 0.333 e. The van der Waals surface area contributed by atoms with Crippen molar-refractivity contribution in [2.45, 2.75) is 26.1 Å². The first-order valence-electron chi connectivity index (χ1n) is 5.89. The van der Waals surface area contributed by atoms with Gasteiger partial charge in [-0.2, -0.15) is 0 Å². The van der Waals surface area contributed by atoms with E-state index in [2.05, 4.69) is 6.58 Å². The normalized spacial score (nSPS) is 20.1. The summed E-state index contributed by atoms with van der Waals surface area (Å²) < 4.78 is 14.6. The lowest BCUT2D eigenvalue weighted by Gasteiger charge is -2.14. The Morgan fingerprint density at radius 2 is 2.11 bits per heavy atom. The zero-order valence-corrected chi connectivity index (χ0v) is 11.0. The number of carbonyl (C=O) groups is 2. The van der Waals surface area contributed by atoms with Crippen LogP contribution in [0.5, 0.6) is 0 Å². The highest BCUT2D eigenvalue weighted by atomic mass is 16.6. The molecule has 106 valence electrons. The molecule has 1 saturated heterocycles. The molecule has 1 rings (SSSR count). The fourth-order valence-electron chi connectivity index (χ4n) is 1.20. The average molecular weight is 270 g/mol. The lowest BCUT2D eigenvalue weighted by atomic mass is 10.1. The number of aliphatic hydroxyl groups is 1. The number of ether oxygens (including phenoxy) is 3. The summed E-state index contributed by atoms with van der Waals surface area (Å²) >= 11 is 0. The molecule has 6 heteroatoms. The Balaban J connectivity index is 2.47. The molecule has 0 bridgehead atoms. The lowest BCUT2D eigenvalue weighted by Crippen LogP contribution is -2.22. The Hall–Kier alpha value is -1.66. The van der Waals surface area contributed by atoms with Crippen LogP contribution in [0.3, 0.4) is 0 Å². The standard InChI is InChI=1S/C13H18O6/c1-4-12(15)18-7-11(14)8(2)9(3)13(16)19-6-10-5-17-10/h4,10-11,14H,1,5-7H2,2-3H3. The van der Waals surface area contributed by atoms with E-state index < -0.39 is 18.0 Å². The van der Waals surface area contributed by atoms with Gasteiger partial charge in [0.2, 0.25) is 0 Å². The third kappa shape index (κ3) is 5.23. The van der Waals surface area contributed by atoms with E-state index in [9.17, 15) is 14.7 Å². The minimum atomic E-state index is -1.05. The largest absolute Gasteiger partial charge is 0.459 e. The predicted molar refractivity (Wildman–Crippen MR) is 66.2 cm³/mol. The molecule has 0 spiro atoms. The van der Waals surface area contributed by atoms with Crippen LogP contribution in [0.2, 0.25) is 0 Å². The zero-order chi connectivity index (χ0) is 14.4. The summed E-state index contributed by atoms with van der Waals surface area (Å²) in [4.78, 5) is 22.5. The summed E-state index contributed by atoms with van der Waals surface area (Å²) in [6.07, 6.45) is -0.0492. The maximum atomic E-state index is 11.6. The minimum absolute atomic E-state index is 0.00414. The first-order chi connectivity index (χ1) is 8.95. The molecule has 1 N–H and O–H groups in total. The van der Waals surface area contributed by atoms with Gasteiger partial charge in [-0.05, 0) is 19.4 Å². The van der Waals surface area contributed by atoms with Crippen LogP contribution in [-0.4, -0.2) is 49.1 Å². The molecular weight excluding hydrogens is 252 g/mol. The fraction of sp³-hybridized carbons (Fsp3) is 0.538. The first-order valence-corrected chi connectivity index (χ1v) is 5.89. The molecular formula is C13H18O6. The number of epoxide rings is 1. The van der Waals surface area contributed by atoms with Crippen LogP contribution in [0.1, 0.15) is 13.8 Å². The van der Waals surface area contributed by atoms with Gasteiger partial charge >= 0.3 is 11.9 Å². The number of esters is 2. The van der Waals surface area contributed by atoms with Crippen LogP contribution in [0, 0.1) is 0 Å². The van der Waals surface area contributed by atoms with Gasteiger partial charge in [0.05, 0.1) is 6.61 Å². The van der Waals surface area contributed by atoms with Gasteiger partial charge in [-0.1, -0.05) is 6.58 Å². The molecule has 6 nitrogen and oxygen atoms in total. The third-order valence-electron chi connectivity index (χ3n) is 2.75. The molecule has 1 heterocycles. The molecule has 2 atom stereocenters. The minimum Gasteiger partial charge on any atom is -0.459 e. The number of hydrogen-bond donors (Lipinski definition) is 1. The highest BCUT2D eigenvalue weighted by molar-refractivity contribution is 5.88.